The van der Waals surface area contributed by atoms with Gasteiger partial charge in [0.05, 0.1) is 17.0 Å². The summed E-state index contributed by atoms with van der Waals surface area (Å²) in [5.74, 6) is 0.0700. The fraction of sp³-hybridized carbons (Fsp3) is 0.444. The highest BCUT2D eigenvalue weighted by atomic mass is 19.4. The van der Waals surface area contributed by atoms with Crippen LogP contribution >= 0.6 is 0 Å². The maximum absolute atomic E-state index is 13.2. The molecule has 1 N–H and O–H groups in total. The first-order valence-electron chi connectivity index (χ1n) is 12.4. The number of rotatable bonds is 6. The zero-order chi connectivity index (χ0) is 25.4. The van der Waals surface area contributed by atoms with Gasteiger partial charge >= 0.3 is 6.18 Å². The zero-order valence-electron chi connectivity index (χ0n) is 20.7. The summed E-state index contributed by atoms with van der Waals surface area (Å²) in [7, 11) is 2.13. The van der Waals surface area contributed by atoms with Crippen molar-refractivity contribution >= 4 is 22.5 Å². The first-order chi connectivity index (χ1) is 17.2. The predicted molar refractivity (Wildman–Crippen MR) is 136 cm³/mol. The third kappa shape index (κ3) is 5.08. The quantitative estimate of drug-likeness (QED) is 0.561. The van der Waals surface area contributed by atoms with Gasteiger partial charge in [-0.2, -0.15) is 13.2 Å². The highest BCUT2D eigenvalue weighted by molar-refractivity contribution is 5.86. The number of halogens is 3. The lowest BCUT2D eigenvalue weighted by molar-refractivity contribution is -0.137. The van der Waals surface area contributed by atoms with Crippen LogP contribution in [0.15, 0.2) is 48.7 Å². The number of amides is 1. The molecule has 2 saturated heterocycles. The molecule has 0 radical (unpaired) electrons. The van der Waals surface area contributed by atoms with Gasteiger partial charge in [0, 0.05) is 75.3 Å². The minimum absolute atomic E-state index is 0.0309. The van der Waals surface area contributed by atoms with E-state index in [0.717, 1.165) is 61.2 Å². The van der Waals surface area contributed by atoms with Crippen molar-refractivity contribution in [3.8, 4) is 5.69 Å². The maximum atomic E-state index is 13.2. The average molecular weight is 500 g/mol. The third-order valence-corrected chi connectivity index (χ3v) is 7.38. The second kappa shape index (κ2) is 9.78. The summed E-state index contributed by atoms with van der Waals surface area (Å²) in [6.45, 7) is 8.91. The molecule has 0 spiro atoms. The summed E-state index contributed by atoms with van der Waals surface area (Å²) in [6.07, 6.45) is -2.50. The molecule has 0 unspecified atom stereocenters. The number of hydrogen-bond donors (Lipinski definition) is 1. The number of alkyl halides is 3. The van der Waals surface area contributed by atoms with Crippen molar-refractivity contribution in [2.24, 2.45) is 5.92 Å². The van der Waals surface area contributed by atoms with Crippen LogP contribution in [0.4, 0.5) is 18.9 Å². The molecule has 2 aliphatic rings. The minimum atomic E-state index is -4.37. The highest BCUT2D eigenvalue weighted by Crippen LogP contribution is 2.34. The van der Waals surface area contributed by atoms with Crippen LogP contribution in [0.1, 0.15) is 11.1 Å². The topological polar surface area (TPSA) is 43.8 Å². The van der Waals surface area contributed by atoms with E-state index >= 15 is 0 Å². The van der Waals surface area contributed by atoms with E-state index in [1.54, 1.807) is 0 Å². The van der Waals surface area contributed by atoms with E-state index in [9.17, 15) is 18.0 Å². The molecule has 2 fully saturated rings. The van der Waals surface area contributed by atoms with Crippen LogP contribution in [0, 0.1) is 12.8 Å². The molecule has 6 nitrogen and oxygen atoms in total. The standard InChI is InChI=1S/C27H32F3N5O/c1-19-16-35(25-7-6-21(14-24(19)25)27(28,29)30)23-5-3-4-22(15-23)34-17-20(18-34)26(36)31-8-9-33-12-10-32(2)11-13-33/h3-7,14-16,20H,8-13,17-18H2,1-2H3,(H,31,36). The summed E-state index contributed by atoms with van der Waals surface area (Å²) in [5.41, 5.74) is 2.77. The van der Waals surface area contributed by atoms with Gasteiger partial charge in [0.1, 0.15) is 0 Å². The Labute approximate surface area is 209 Å². The number of fused-ring (bicyclic) bond motifs is 1. The molecule has 1 aromatic heterocycles. The predicted octanol–water partition coefficient (Wildman–Crippen LogP) is 3.76. The van der Waals surface area contributed by atoms with Gasteiger partial charge in [-0.3, -0.25) is 9.69 Å². The van der Waals surface area contributed by atoms with Gasteiger partial charge in [-0.05, 0) is 55.9 Å². The zero-order valence-corrected chi connectivity index (χ0v) is 20.7. The van der Waals surface area contributed by atoms with Gasteiger partial charge in [0.2, 0.25) is 5.91 Å². The lowest BCUT2D eigenvalue weighted by Crippen LogP contribution is -2.54. The van der Waals surface area contributed by atoms with E-state index in [1.807, 2.05) is 42.0 Å². The van der Waals surface area contributed by atoms with Gasteiger partial charge in [0.25, 0.3) is 0 Å². The van der Waals surface area contributed by atoms with E-state index in [2.05, 4.69) is 27.1 Å². The van der Waals surface area contributed by atoms with Gasteiger partial charge in [-0.1, -0.05) is 6.07 Å². The van der Waals surface area contributed by atoms with Gasteiger partial charge in [-0.15, -0.1) is 0 Å². The fourth-order valence-electron chi connectivity index (χ4n) is 5.03. The first-order valence-corrected chi connectivity index (χ1v) is 12.4. The molecule has 3 aromatic rings. The van der Waals surface area contributed by atoms with Crippen LogP contribution in [-0.2, 0) is 11.0 Å². The number of anilines is 1. The average Bonchev–Trinajstić information content (AvgIpc) is 3.15. The number of aromatic nitrogens is 1. The fourth-order valence-corrected chi connectivity index (χ4v) is 5.03. The summed E-state index contributed by atoms with van der Waals surface area (Å²) in [4.78, 5) is 19.4. The Balaban J connectivity index is 1.20. The number of nitrogens with one attached hydrogen (secondary N) is 1. The normalized spacial score (nSPS) is 18.0. The van der Waals surface area contributed by atoms with Crippen molar-refractivity contribution in [3.05, 3.63) is 59.8 Å². The monoisotopic (exact) mass is 499 g/mol. The van der Waals surface area contributed by atoms with Crippen LogP contribution in [0.25, 0.3) is 16.6 Å². The molecule has 2 aliphatic heterocycles. The number of piperazine rings is 1. The summed E-state index contributed by atoms with van der Waals surface area (Å²) < 4.78 is 41.5. The Kier molecular flexibility index (Phi) is 6.70. The summed E-state index contributed by atoms with van der Waals surface area (Å²) >= 11 is 0. The molecule has 5 rings (SSSR count). The number of aryl methyl sites for hydroxylation is 1. The van der Waals surface area contributed by atoms with Crippen molar-refractivity contribution in [3.63, 3.8) is 0 Å². The van der Waals surface area contributed by atoms with E-state index in [1.165, 1.54) is 12.1 Å². The van der Waals surface area contributed by atoms with Crippen LogP contribution < -0.4 is 10.2 Å². The Morgan fingerprint density at radius 3 is 2.47 bits per heavy atom. The molecular formula is C27H32F3N5O. The third-order valence-electron chi connectivity index (χ3n) is 7.38. The molecule has 1 amide bonds. The smallest absolute Gasteiger partial charge is 0.370 e. The molecular weight excluding hydrogens is 467 g/mol. The summed E-state index contributed by atoms with van der Waals surface area (Å²) in [6, 6.07) is 11.8. The highest BCUT2D eigenvalue weighted by Gasteiger charge is 2.33. The molecule has 2 aromatic carbocycles. The van der Waals surface area contributed by atoms with Crippen LogP contribution in [0.2, 0.25) is 0 Å². The van der Waals surface area contributed by atoms with Crippen LogP contribution in [0.3, 0.4) is 0 Å². The van der Waals surface area contributed by atoms with Crippen molar-refractivity contribution in [2.45, 2.75) is 13.1 Å². The van der Waals surface area contributed by atoms with E-state index in [4.69, 9.17) is 0 Å². The number of benzene rings is 2. The molecule has 9 heteroatoms. The summed E-state index contributed by atoms with van der Waals surface area (Å²) in [5, 5.41) is 3.68. The minimum Gasteiger partial charge on any atom is -0.370 e. The van der Waals surface area contributed by atoms with E-state index < -0.39 is 11.7 Å². The number of carbonyl (C=O) groups is 1. The molecule has 0 bridgehead atoms. The maximum Gasteiger partial charge on any atom is 0.416 e. The Hall–Kier alpha value is -3.04. The van der Waals surface area contributed by atoms with E-state index in [0.29, 0.717) is 25.0 Å². The molecule has 192 valence electrons. The lowest BCUT2D eigenvalue weighted by atomic mass is 9.98. The van der Waals surface area contributed by atoms with Crippen LogP contribution in [0.5, 0.6) is 0 Å². The lowest BCUT2D eigenvalue weighted by Gasteiger charge is -2.40. The van der Waals surface area contributed by atoms with Crippen molar-refractivity contribution in [2.75, 3.05) is 64.3 Å². The van der Waals surface area contributed by atoms with Gasteiger partial charge in [0.15, 0.2) is 0 Å². The molecule has 0 aliphatic carbocycles. The number of nitrogens with zero attached hydrogens (tertiary/aromatic N) is 4. The molecule has 3 heterocycles. The Morgan fingerprint density at radius 1 is 1.03 bits per heavy atom. The molecule has 0 saturated carbocycles. The number of likely N-dealkylation sites (N-methyl/N-ethyl adjacent to an activating group) is 1. The number of hydrogen-bond acceptors (Lipinski definition) is 4. The van der Waals surface area contributed by atoms with Gasteiger partial charge < -0.3 is 19.7 Å². The SMILES string of the molecule is Cc1cn(-c2cccc(N3CC(C(=O)NCCN4CCN(C)CC4)C3)c2)c2ccc(C(F)(F)F)cc12. The Morgan fingerprint density at radius 2 is 1.75 bits per heavy atom. The molecule has 0 atom stereocenters. The largest absolute Gasteiger partial charge is 0.416 e. The van der Waals surface area contributed by atoms with Gasteiger partial charge in [-0.25, -0.2) is 0 Å². The second-order valence-corrected chi connectivity index (χ2v) is 9.97. The van der Waals surface area contributed by atoms with Crippen molar-refractivity contribution < 1.29 is 18.0 Å². The Bertz CT molecular complexity index is 1240. The number of carbonyl (C=O) groups excluding carboxylic acids is 1. The second-order valence-electron chi connectivity index (χ2n) is 9.97. The molecule has 36 heavy (non-hydrogen) atoms. The van der Waals surface area contributed by atoms with E-state index in [-0.39, 0.29) is 11.8 Å². The van der Waals surface area contributed by atoms with Crippen LogP contribution in [-0.4, -0.2) is 79.7 Å². The first kappa shape index (κ1) is 24.6. The van der Waals surface area contributed by atoms with Crippen molar-refractivity contribution in [1.29, 1.82) is 0 Å². The van der Waals surface area contributed by atoms with Crippen molar-refractivity contribution in [1.82, 2.24) is 19.7 Å².